The van der Waals surface area contributed by atoms with Gasteiger partial charge in [-0.2, -0.15) is 0 Å². The molecule has 0 atom stereocenters. The van der Waals surface area contributed by atoms with E-state index in [1.165, 1.54) is 23.5 Å². The van der Waals surface area contributed by atoms with Crippen LogP contribution in [0, 0.1) is 0 Å². The van der Waals surface area contributed by atoms with Gasteiger partial charge in [0.25, 0.3) is 0 Å². The van der Waals surface area contributed by atoms with E-state index in [0.717, 1.165) is 31.6 Å². The van der Waals surface area contributed by atoms with Crippen LogP contribution >= 0.6 is 0 Å². The number of hydrogen-bond acceptors (Lipinski definition) is 5. The fraction of sp³-hybridized carbons (Fsp3) is 0.538. The molecule has 8 heteroatoms. The molecule has 6 nitrogen and oxygen atoms in total. The molecule has 0 radical (unpaired) electrons. The molecule has 0 aromatic heterocycles. The zero-order chi connectivity index (χ0) is 16.3. The van der Waals surface area contributed by atoms with Crippen LogP contribution in [-0.4, -0.2) is 41.0 Å². The Bertz CT molecular complexity index is 697. The Kier molecular flexibility index (Phi) is 5.77. The average Bonchev–Trinajstić information content (AvgIpc) is 2.37. The van der Waals surface area contributed by atoms with Gasteiger partial charge in [-0.15, -0.1) is 0 Å². The van der Waals surface area contributed by atoms with Gasteiger partial charge in [0.05, 0.1) is 10.6 Å². The molecule has 0 saturated heterocycles. The molecule has 0 saturated carbocycles. The summed E-state index contributed by atoms with van der Waals surface area (Å²) in [6, 6.07) is 3.74. The molecule has 0 heterocycles. The first-order chi connectivity index (χ1) is 9.60. The third-order valence-electron chi connectivity index (χ3n) is 3.18. The van der Waals surface area contributed by atoms with Gasteiger partial charge >= 0.3 is 0 Å². The normalized spacial score (nSPS) is 12.8. The lowest BCUT2D eigenvalue weighted by atomic mass is 10.2. The number of rotatable bonds is 7. The molecule has 1 aromatic rings. The highest BCUT2D eigenvalue weighted by molar-refractivity contribution is 7.91. The summed E-state index contributed by atoms with van der Waals surface area (Å²) < 4.78 is 49.3. The highest BCUT2D eigenvalue weighted by Gasteiger charge is 2.24. The van der Waals surface area contributed by atoms with E-state index in [1.807, 2.05) is 6.92 Å². The summed E-state index contributed by atoms with van der Waals surface area (Å²) in [5.41, 5.74) is 5.76. The van der Waals surface area contributed by atoms with Gasteiger partial charge in [-0.3, -0.25) is 0 Å². The molecule has 1 rings (SSSR count). The second-order valence-electron chi connectivity index (χ2n) is 5.01. The van der Waals surface area contributed by atoms with Crippen molar-refractivity contribution >= 4 is 25.5 Å². The number of nitrogens with two attached hydrogens (primary N) is 1. The predicted molar refractivity (Wildman–Crippen MR) is 83.3 cm³/mol. The molecule has 0 fully saturated rings. The third kappa shape index (κ3) is 4.42. The summed E-state index contributed by atoms with van der Waals surface area (Å²) in [6.45, 7) is 2.40. The Morgan fingerprint density at radius 3 is 2.29 bits per heavy atom. The van der Waals surface area contributed by atoms with E-state index in [4.69, 9.17) is 5.73 Å². The van der Waals surface area contributed by atoms with Gasteiger partial charge in [0.2, 0.25) is 10.0 Å². The van der Waals surface area contributed by atoms with Crippen molar-refractivity contribution in [3.05, 3.63) is 18.2 Å². The molecule has 1 aromatic carbocycles. The minimum Gasteiger partial charge on any atom is -0.398 e. The second-order valence-corrected chi connectivity index (χ2v) is 9.03. The number of sulfonamides is 1. The molecule has 0 amide bonds. The van der Waals surface area contributed by atoms with Crippen LogP contribution in [0.1, 0.15) is 26.2 Å². The molecular weight excluding hydrogens is 312 g/mol. The van der Waals surface area contributed by atoms with Crippen molar-refractivity contribution in [1.29, 1.82) is 0 Å². The maximum absolute atomic E-state index is 12.5. The molecule has 0 bridgehead atoms. The Labute approximate surface area is 126 Å². The van der Waals surface area contributed by atoms with Gasteiger partial charge in [0.1, 0.15) is 4.90 Å². The molecule has 0 spiro atoms. The van der Waals surface area contributed by atoms with Crippen LogP contribution in [0.2, 0.25) is 0 Å². The summed E-state index contributed by atoms with van der Waals surface area (Å²) in [4.78, 5) is -0.221. The first-order valence-corrected chi connectivity index (χ1v) is 9.99. The van der Waals surface area contributed by atoms with Crippen LogP contribution in [-0.2, 0) is 19.9 Å². The fourth-order valence-corrected chi connectivity index (χ4v) is 3.91. The van der Waals surface area contributed by atoms with E-state index < -0.39 is 19.9 Å². The number of nitrogens with zero attached hydrogens (tertiary/aromatic N) is 1. The van der Waals surface area contributed by atoms with Gasteiger partial charge in [-0.1, -0.05) is 19.8 Å². The first-order valence-electron chi connectivity index (χ1n) is 6.66. The van der Waals surface area contributed by atoms with Gasteiger partial charge in [-0.25, -0.2) is 21.1 Å². The Morgan fingerprint density at radius 2 is 1.76 bits per heavy atom. The number of benzene rings is 1. The lowest BCUT2D eigenvalue weighted by Gasteiger charge is -2.18. The van der Waals surface area contributed by atoms with Crippen LogP contribution in [0.4, 0.5) is 5.69 Å². The molecular formula is C13H22N2O4S2. The topological polar surface area (TPSA) is 97.5 Å². The average molecular weight is 334 g/mol. The van der Waals surface area contributed by atoms with Crippen molar-refractivity contribution < 1.29 is 16.8 Å². The maximum Gasteiger partial charge on any atom is 0.244 e. The van der Waals surface area contributed by atoms with Gasteiger partial charge in [0, 0.05) is 19.8 Å². The van der Waals surface area contributed by atoms with E-state index in [1.54, 1.807) is 0 Å². The molecule has 0 aliphatic carbocycles. The second kappa shape index (κ2) is 6.76. The Morgan fingerprint density at radius 1 is 1.14 bits per heavy atom. The van der Waals surface area contributed by atoms with Crippen LogP contribution in [0.3, 0.4) is 0 Å². The van der Waals surface area contributed by atoms with Crippen LogP contribution in [0.25, 0.3) is 0 Å². The minimum atomic E-state index is -3.79. The van der Waals surface area contributed by atoms with Crippen molar-refractivity contribution in [2.24, 2.45) is 0 Å². The zero-order valence-corrected chi connectivity index (χ0v) is 14.2. The summed E-state index contributed by atoms with van der Waals surface area (Å²) >= 11 is 0. The Balaban J connectivity index is 3.19. The zero-order valence-electron chi connectivity index (χ0n) is 12.5. The highest BCUT2D eigenvalue weighted by atomic mass is 32.2. The molecule has 0 aliphatic rings. The number of unbranched alkanes of at least 4 members (excludes halogenated alkanes) is 2. The summed E-state index contributed by atoms with van der Waals surface area (Å²) in [6.07, 6.45) is 3.69. The van der Waals surface area contributed by atoms with Gasteiger partial charge < -0.3 is 5.73 Å². The SMILES string of the molecule is CCCCCN(C)S(=O)(=O)c1cc(S(C)(=O)=O)ccc1N. The molecule has 120 valence electrons. The van der Waals surface area contributed by atoms with Crippen LogP contribution in [0.15, 0.2) is 28.0 Å². The van der Waals surface area contributed by atoms with Crippen molar-refractivity contribution in [3.8, 4) is 0 Å². The number of anilines is 1. The predicted octanol–water partition coefficient (Wildman–Crippen LogP) is 1.48. The summed E-state index contributed by atoms with van der Waals surface area (Å²) in [5.74, 6) is 0. The Hall–Kier alpha value is -1.12. The van der Waals surface area contributed by atoms with E-state index in [2.05, 4.69) is 0 Å². The summed E-state index contributed by atoms with van der Waals surface area (Å²) in [7, 11) is -5.81. The van der Waals surface area contributed by atoms with Gasteiger partial charge in [0.15, 0.2) is 9.84 Å². The maximum atomic E-state index is 12.5. The van der Waals surface area contributed by atoms with Crippen molar-refractivity contribution in [2.75, 3.05) is 25.6 Å². The molecule has 21 heavy (non-hydrogen) atoms. The lowest BCUT2D eigenvalue weighted by Crippen LogP contribution is -2.28. The monoisotopic (exact) mass is 334 g/mol. The molecule has 2 N–H and O–H groups in total. The summed E-state index contributed by atoms with van der Waals surface area (Å²) in [5, 5.41) is 0. The largest absolute Gasteiger partial charge is 0.398 e. The van der Waals surface area contributed by atoms with Crippen molar-refractivity contribution in [2.45, 2.75) is 36.0 Å². The molecule has 0 aliphatic heterocycles. The smallest absolute Gasteiger partial charge is 0.244 e. The van der Waals surface area contributed by atoms with Crippen molar-refractivity contribution in [3.63, 3.8) is 0 Å². The quantitative estimate of drug-likeness (QED) is 0.602. The minimum absolute atomic E-state index is 0.0461. The van der Waals surface area contributed by atoms with E-state index in [-0.39, 0.29) is 15.5 Å². The van der Waals surface area contributed by atoms with E-state index >= 15 is 0 Å². The van der Waals surface area contributed by atoms with Gasteiger partial charge in [-0.05, 0) is 24.6 Å². The van der Waals surface area contributed by atoms with E-state index in [0.29, 0.717) is 6.54 Å². The van der Waals surface area contributed by atoms with Crippen molar-refractivity contribution in [1.82, 2.24) is 4.31 Å². The number of nitrogen functional groups attached to an aromatic ring is 1. The number of sulfone groups is 1. The number of hydrogen-bond donors (Lipinski definition) is 1. The highest BCUT2D eigenvalue weighted by Crippen LogP contribution is 2.25. The fourth-order valence-electron chi connectivity index (χ4n) is 1.84. The molecule has 0 unspecified atom stereocenters. The lowest BCUT2D eigenvalue weighted by molar-refractivity contribution is 0.454. The van der Waals surface area contributed by atoms with E-state index in [9.17, 15) is 16.8 Å². The van der Waals surface area contributed by atoms with Crippen LogP contribution in [0.5, 0.6) is 0 Å². The first kappa shape index (κ1) is 17.9. The third-order valence-corrected chi connectivity index (χ3v) is 6.20. The van der Waals surface area contributed by atoms with Crippen LogP contribution < -0.4 is 5.73 Å². The standard InChI is InChI=1S/C13H22N2O4S2/c1-4-5-6-9-15(2)21(18,19)13-10-11(20(3,16)17)7-8-12(13)14/h7-8,10H,4-6,9,14H2,1-3H3.